The number of benzene rings is 1. The Hall–Kier alpha value is -1.78. The van der Waals surface area contributed by atoms with Crippen molar-refractivity contribution in [3.8, 4) is 0 Å². The molecule has 0 bridgehead atoms. The van der Waals surface area contributed by atoms with E-state index in [0.29, 0.717) is 31.5 Å². The summed E-state index contributed by atoms with van der Waals surface area (Å²) >= 11 is 0. The monoisotopic (exact) mass is 302 g/mol. The van der Waals surface area contributed by atoms with Crippen molar-refractivity contribution in [2.75, 3.05) is 41.3 Å². The highest BCUT2D eigenvalue weighted by molar-refractivity contribution is 6.23. The summed E-state index contributed by atoms with van der Waals surface area (Å²) in [7, 11) is 7.67. The molecule has 0 radical (unpaired) electrons. The smallest absolute Gasteiger partial charge is 0.167 e. The van der Waals surface area contributed by atoms with Crippen molar-refractivity contribution in [2.24, 2.45) is 0 Å². The fraction of sp³-hybridized carbons (Fsp3) is 0.444. The zero-order valence-electron chi connectivity index (χ0n) is 14.0. The Morgan fingerprint density at radius 2 is 1.32 bits per heavy atom. The predicted molar refractivity (Wildman–Crippen MR) is 90.8 cm³/mol. The Bertz CT molecular complexity index is 493. The van der Waals surface area contributed by atoms with E-state index in [4.69, 9.17) is 0 Å². The predicted octanol–water partition coefficient (Wildman–Crippen LogP) is 2.11. The van der Waals surface area contributed by atoms with Crippen LogP contribution in [0.25, 0.3) is 6.08 Å². The molecule has 1 aromatic carbocycles. The van der Waals surface area contributed by atoms with Crippen LogP contribution in [0.15, 0.2) is 35.9 Å². The molecule has 22 heavy (non-hydrogen) atoms. The Balaban J connectivity index is 2.92. The molecule has 0 aliphatic heterocycles. The first-order valence-corrected chi connectivity index (χ1v) is 7.52. The quantitative estimate of drug-likeness (QED) is 0.398. The molecule has 4 heteroatoms. The first-order chi connectivity index (χ1) is 10.4. The summed E-state index contributed by atoms with van der Waals surface area (Å²) < 4.78 is 0. The molecule has 0 fully saturated rings. The maximum Gasteiger partial charge on any atom is 0.167 e. The molecule has 4 nitrogen and oxygen atoms in total. The lowest BCUT2D eigenvalue weighted by atomic mass is 9.98. The van der Waals surface area contributed by atoms with E-state index in [1.54, 1.807) is 6.08 Å². The molecule has 0 N–H and O–H groups in total. The number of Topliss-reactive ketones (excluding diaryl/α,β-unsaturated/α-hetero) is 2. The van der Waals surface area contributed by atoms with E-state index in [1.165, 1.54) is 0 Å². The molecule has 120 valence electrons. The van der Waals surface area contributed by atoms with Crippen LogP contribution >= 0.6 is 0 Å². The van der Waals surface area contributed by atoms with Crippen LogP contribution in [0.2, 0.25) is 0 Å². The number of carbonyl (C=O) groups excluding carboxylic acids is 2. The number of hydrogen-bond acceptors (Lipinski definition) is 4. The van der Waals surface area contributed by atoms with Crippen molar-refractivity contribution in [1.29, 1.82) is 0 Å². The van der Waals surface area contributed by atoms with Crippen molar-refractivity contribution in [3.05, 3.63) is 41.5 Å². The largest absolute Gasteiger partial charge is 0.309 e. The first kappa shape index (κ1) is 18.3. The Labute approximate surface area is 133 Å². The van der Waals surface area contributed by atoms with Gasteiger partial charge in [-0.25, -0.2) is 0 Å². The highest BCUT2D eigenvalue weighted by atomic mass is 16.1. The molecule has 0 aromatic heterocycles. The van der Waals surface area contributed by atoms with Gasteiger partial charge in [-0.1, -0.05) is 30.3 Å². The van der Waals surface area contributed by atoms with Crippen LogP contribution < -0.4 is 0 Å². The van der Waals surface area contributed by atoms with Crippen LogP contribution in [-0.2, 0) is 9.59 Å². The molecule has 0 amide bonds. The molecule has 0 saturated carbocycles. The van der Waals surface area contributed by atoms with Crippen molar-refractivity contribution >= 4 is 17.6 Å². The number of hydrogen-bond donors (Lipinski definition) is 0. The van der Waals surface area contributed by atoms with Crippen molar-refractivity contribution in [2.45, 2.75) is 12.8 Å². The maximum absolute atomic E-state index is 12.4. The average Bonchev–Trinajstić information content (AvgIpc) is 2.48. The van der Waals surface area contributed by atoms with Gasteiger partial charge < -0.3 is 9.80 Å². The van der Waals surface area contributed by atoms with Crippen molar-refractivity contribution < 1.29 is 9.59 Å². The number of carbonyl (C=O) groups is 2. The van der Waals surface area contributed by atoms with Gasteiger partial charge in [0.25, 0.3) is 0 Å². The van der Waals surface area contributed by atoms with E-state index in [2.05, 4.69) is 0 Å². The summed E-state index contributed by atoms with van der Waals surface area (Å²) in [4.78, 5) is 28.7. The van der Waals surface area contributed by atoms with Gasteiger partial charge in [0.05, 0.1) is 5.57 Å². The molecule has 0 aliphatic carbocycles. The van der Waals surface area contributed by atoms with Crippen LogP contribution in [-0.4, -0.2) is 62.6 Å². The minimum absolute atomic E-state index is 0.0821. The van der Waals surface area contributed by atoms with E-state index in [1.807, 2.05) is 68.3 Å². The van der Waals surface area contributed by atoms with Gasteiger partial charge in [-0.05, 0) is 39.8 Å². The molecule has 0 atom stereocenters. The van der Waals surface area contributed by atoms with Gasteiger partial charge in [0.15, 0.2) is 11.6 Å². The Morgan fingerprint density at radius 1 is 0.864 bits per heavy atom. The summed E-state index contributed by atoms with van der Waals surface area (Å²) in [5.41, 5.74) is 1.20. The number of ketones is 2. The fourth-order valence-corrected chi connectivity index (χ4v) is 1.95. The number of nitrogens with zero attached hydrogens (tertiary/aromatic N) is 2. The van der Waals surface area contributed by atoms with Gasteiger partial charge in [-0.3, -0.25) is 9.59 Å². The second kappa shape index (κ2) is 9.28. The topological polar surface area (TPSA) is 40.6 Å². The second-order valence-corrected chi connectivity index (χ2v) is 5.92. The highest BCUT2D eigenvalue weighted by Crippen LogP contribution is 2.12. The Kier molecular flexibility index (Phi) is 7.71. The van der Waals surface area contributed by atoms with Crippen LogP contribution in [0, 0.1) is 0 Å². The minimum atomic E-state index is -0.0821. The molecule has 0 saturated heterocycles. The third kappa shape index (κ3) is 6.78. The second-order valence-electron chi connectivity index (χ2n) is 5.92. The standard InChI is InChI=1S/C18H26N2O2/c1-19(2)12-10-17(21)16(18(22)11-13-20(3)4)14-15-8-6-5-7-9-15/h5-9,14H,10-13H2,1-4H3. The molecule has 0 spiro atoms. The highest BCUT2D eigenvalue weighted by Gasteiger charge is 2.18. The van der Waals surface area contributed by atoms with Crippen molar-refractivity contribution in [1.82, 2.24) is 9.80 Å². The van der Waals surface area contributed by atoms with Gasteiger partial charge >= 0.3 is 0 Å². The average molecular weight is 302 g/mol. The molecular weight excluding hydrogens is 276 g/mol. The molecule has 0 heterocycles. The van der Waals surface area contributed by atoms with E-state index in [-0.39, 0.29) is 11.6 Å². The zero-order chi connectivity index (χ0) is 16.5. The molecule has 1 rings (SSSR count). The Morgan fingerprint density at radius 3 is 1.73 bits per heavy atom. The van der Waals surface area contributed by atoms with Gasteiger partial charge in [0.1, 0.15) is 0 Å². The van der Waals surface area contributed by atoms with E-state index in [0.717, 1.165) is 5.56 Å². The van der Waals surface area contributed by atoms with Crippen LogP contribution in [0.5, 0.6) is 0 Å². The summed E-state index contributed by atoms with van der Waals surface area (Å²) in [6.07, 6.45) is 2.44. The van der Waals surface area contributed by atoms with Gasteiger partial charge in [0, 0.05) is 25.9 Å². The maximum atomic E-state index is 12.4. The SMILES string of the molecule is CN(C)CCC(=O)C(=Cc1ccccc1)C(=O)CCN(C)C. The van der Waals surface area contributed by atoms with Crippen LogP contribution in [0.3, 0.4) is 0 Å². The molecule has 1 aromatic rings. The lowest BCUT2D eigenvalue weighted by Crippen LogP contribution is -2.23. The van der Waals surface area contributed by atoms with E-state index in [9.17, 15) is 9.59 Å². The van der Waals surface area contributed by atoms with Crippen molar-refractivity contribution in [3.63, 3.8) is 0 Å². The summed E-state index contributed by atoms with van der Waals surface area (Å²) in [5, 5.41) is 0. The van der Waals surface area contributed by atoms with E-state index >= 15 is 0 Å². The molecular formula is C18H26N2O2. The molecule has 0 unspecified atom stereocenters. The summed E-state index contributed by atoms with van der Waals surface area (Å²) in [6, 6.07) is 9.52. The molecule has 0 aliphatic rings. The van der Waals surface area contributed by atoms with Gasteiger partial charge in [0.2, 0.25) is 0 Å². The van der Waals surface area contributed by atoms with Gasteiger partial charge in [-0.2, -0.15) is 0 Å². The number of allylic oxidation sites excluding steroid dienone is 1. The summed E-state index contributed by atoms with van der Waals surface area (Å²) in [6.45, 7) is 1.29. The van der Waals surface area contributed by atoms with E-state index < -0.39 is 0 Å². The van der Waals surface area contributed by atoms with Crippen LogP contribution in [0.4, 0.5) is 0 Å². The zero-order valence-corrected chi connectivity index (χ0v) is 14.0. The lowest BCUT2D eigenvalue weighted by molar-refractivity contribution is -0.121. The third-order valence-electron chi connectivity index (χ3n) is 3.28. The van der Waals surface area contributed by atoms with Gasteiger partial charge in [-0.15, -0.1) is 0 Å². The lowest BCUT2D eigenvalue weighted by Gasteiger charge is -2.12. The normalized spacial score (nSPS) is 10.8. The fourth-order valence-electron chi connectivity index (χ4n) is 1.95. The third-order valence-corrected chi connectivity index (χ3v) is 3.28. The van der Waals surface area contributed by atoms with Crippen LogP contribution in [0.1, 0.15) is 18.4 Å². The minimum Gasteiger partial charge on any atom is -0.309 e. The number of rotatable bonds is 9. The summed E-state index contributed by atoms with van der Waals surface area (Å²) in [5.74, 6) is -0.164. The first-order valence-electron chi connectivity index (χ1n) is 7.52.